The van der Waals surface area contributed by atoms with Crippen molar-refractivity contribution in [3.8, 4) is 22.5 Å². The zero-order valence-corrected chi connectivity index (χ0v) is 47.4. The number of aromatic nitrogens is 10. The molecule has 0 spiro atoms. The Balaban J connectivity index is 0.000000190. The molecule has 0 bridgehead atoms. The van der Waals surface area contributed by atoms with Crippen LogP contribution in [0.3, 0.4) is 0 Å². The fourth-order valence-electron chi connectivity index (χ4n) is 10.6. The summed E-state index contributed by atoms with van der Waals surface area (Å²) in [5, 5.41) is 6.24. The van der Waals surface area contributed by atoms with Gasteiger partial charge < -0.3 is 29.6 Å². The molecule has 2 aliphatic rings. The minimum Gasteiger partial charge on any atom is -0.323 e. The number of fused-ring (bicyclic) bond motifs is 4. The molecule has 2 aliphatic heterocycles. The van der Waals surface area contributed by atoms with E-state index in [1.54, 1.807) is 12.1 Å². The molecule has 10 rings (SSSR count). The van der Waals surface area contributed by atoms with Crippen molar-refractivity contribution in [2.45, 2.75) is 118 Å². The van der Waals surface area contributed by atoms with Gasteiger partial charge in [0.25, 0.3) is 0 Å². The molecule has 16 nitrogen and oxygen atoms in total. The zero-order valence-electron chi connectivity index (χ0n) is 47.4. The fourth-order valence-corrected chi connectivity index (χ4v) is 10.6. The Morgan fingerprint density at radius 3 is 1.28 bits per heavy atom. The van der Waals surface area contributed by atoms with E-state index in [0.29, 0.717) is 57.5 Å². The summed E-state index contributed by atoms with van der Waals surface area (Å²) < 4.78 is 64.1. The number of imidazole rings is 2. The van der Waals surface area contributed by atoms with Crippen molar-refractivity contribution in [3.05, 3.63) is 118 Å². The van der Waals surface area contributed by atoms with Crippen LogP contribution in [0, 0.1) is 37.1 Å². The second-order valence-electron chi connectivity index (χ2n) is 23.3. The first kappa shape index (κ1) is 55.7. The van der Waals surface area contributed by atoms with Gasteiger partial charge in [-0.05, 0) is 145 Å². The smallest absolute Gasteiger partial charge is 0.229 e. The Kier molecular flexibility index (Phi) is 15.7. The van der Waals surface area contributed by atoms with Crippen LogP contribution in [-0.2, 0) is 37.0 Å². The highest BCUT2D eigenvalue weighted by molar-refractivity contribution is 5.84. The van der Waals surface area contributed by atoms with Crippen LogP contribution < -0.4 is 10.6 Å². The monoisotopic (exact) mass is 1070 g/mol. The van der Waals surface area contributed by atoms with Crippen molar-refractivity contribution in [2.24, 2.45) is 0 Å². The lowest BCUT2D eigenvalue weighted by atomic mass is 9.99. The van der Waals surface area contributed by atoms with Crippen LogP contribution in [0.25, 0.3) is 44.6 Å². The highest BCUT2D eigenvalue weighted by Crippen LogP contribution is 2.35. The number of hydrogen-bond acceptors (Lipinski definition) is 14. The van der Waals surface area contributed by atoms with E-state index in [4.69, 9.17) is 9.97 Å². The fraction of sp³-hybridized carbons (Fsp3) is 0.448. The predicted molar refractivity (Wildman–Crippen MR) is 300 cm³/mol. The standard InChI is InChI=1S/2C29H36F2N8/c2*1-17-12-23-19(16-38(17)11-10-37(6)7)8-9-25(34-23)35-28-32-15-22(31)26(36-28)20-13-21(30)27-24(14-20)39(18(2)33-27)29(3,4)5/h2*8-9,13-15,17H,10-12,16H2,1-7H3,(H,32,34,35,36)/t2*17-/m10/s1. The third kappa shape index (κ3) is 12.0. The highest BCUT2D eigenvalue weighted by atomic mass is 19.1. The first-order valence-electron chi connectivity index (χ1n) is 26.5. The molecule has 412 valence electrons. The van der Waals surface area contributed by atoms with Gasteiger partial charge in [-0.15, -0.1) is 0 Å². The van der Waals surface area contributed by atoms with Crippen molar-refractivity contribution in [1.82, 2.24) is 68.6 Å². The van der Waals surface area contributed by atoms with E-state index in [1.807, 2.05) is 76.7 Å². The minimum absolute atomic E-state index is 0.00993. The van der Waals surface area contributed by atoms with E-state index >= 15 is 8.78 Å². The van der Waals surface area contributed by atoms with Gasteiger partial charge in [0.05, 0.1) is 23.4 Å². The van der Waals surface area contributed by atoms with Gasteiger partial charge in [0.15, 0.2) is 23.3 Å². The summed E-state index contributed by atoms with van der Waals surface area (Å²) in [5.41, 5.74) is 6.16. The van der Waals surface area contributed by atoms with Crippen LogP contribution in [-0.4, -0.2) is 135 Å². The average Bonchev–Trinajstić information content (AvgIpc) is 4.06. The number of rotatable bonds is 12. The van der Waals surface area contributed by atoms with Crippen molar-refractivity contribution in [1.29, 1.82) is 0 Å². The average molecular weight is 1070 g/mol. The molecule has 0 saturated heterocycles. The van der Waals surface area contributed by atoms with E-state index in [2.05, 4.69) is 114 Å². The number of pyridine rings is 2. The number of halogens is 4. The van der Waals surface area contributed by atoms with Gasteiger partial charge in [0, 0.05) is 97.8 Å². The SMILES string of the molecule is Cc1nc2c(F)cc(-c3nc(Nc4ccc5c(n4)C[C@@H](C)N(CCN(C)C)C5)ncc3F)cc2n1C(C)(C)C.Cc1nc2c(F)cc(-c3nc(Nc4ccc5c(n4)C[C@H](C)N(CCN(C)C)C5)ncc3F)cc2n1C(C)(C)C. The van der Waals surface area contributed by atoms with E-state index in [9.17, 15) is 8.78 Å². The first-order chi connectivity index (χ1) is 36.8. The molecule has 8 aromatic rings. The van der Waals surface area contributed by atoms with Crippen LogP contribution in [0.1, 0.15) is 89.6 Å². The summed E-state index contributed by atoms with van der Waals surface area (Å²) in [6, 6.07) is 14.7. The van der Waals surface area contributed by atoms with Gasteiger partial charge >= 0.3 is 0 Å². The summed E-state index contributed by atoms with van der Waals surface area (Å²) in [5.74, 6) is 0.614. The maximum atomic E-state index is 15.1. The first-order valence-corrected chi connectivity index (χ1v) is 26.5. The van der Waals surface area contributed by atoms with Gasteiger partial charge in [0.2, 0.25) is 11.9 Å². The van der Waals surface area contributed by atoms with Crippen LogP contribution >= 0.6 is 0 Å². The van der Waals surface area contributed by atoms with Gasteiger partial charge in [0.1, 0.15) is 45.7 Å². The Morgan fingerprint density at radius 2 is 0.923 bits per heavy atom. The molecule has 0 fully saturated rings. The Hall–Kier alpha value is -7.00. The van der Waals surface area contributed by atoms with Crippen LogP contribution in [0.4, 0.5) is 41.1 Å². The summed E-state index contributed by atoms with van der Waals surface area (Å²) in [6.07, 6.45) is 3.88. The number of nitrogens with one attached hydrogen (secondary N) is 2. The number of benzene rings is 2. The van der Waals surface area contributed by atoms with Crippen molar-refractivity contribution in [2.75, 3.05) is 65.0 Å². The van der Waals surface area contributed by atoms with E-state index in [0.717, 1.165) is 75.9 Å². The Bertz CT molecular complexity index is 3270. The Labute approximate surface area is 454 Å². The summed E-state index contributed by atoms with van der Waals surface area (Å²) in [7, 11) is 8.34. The second kappa shape index (κ2) is 22.0. The summed E-state index contributed by atoms with van der Waals surface area (Å²) in [4.78, 5) is 44.9. The number of aryl methyl sites for hydroxylation is 2. The molecule has 2 N–H and O–H groups in total. The minimum atomic E-state index is -0.636. The molecule has 6 aromatic heterocycles. The second-order valence-corrected chi connectivity index (χ2v) is 23.3. The largest absolute Gasteiger partial charge is 0.323 e. The Morgan fingerprint density at radius 1 is 0.538 bits per heavy atom. The molecule has 78 heavy (non-hydrogen) atoms. The van der Waals surface area contributed by atoms with Crippen LogP contribution in [0.15, 0.2) is 60.9 Å². The van der Waals surface area contributed by atoms with Gasteiger partial charge in [-0.3, -0.25) is 9.80 Å². The number of anilines is 4. The number of hydrogen-bond donors (Lipinski definition) is 2. The molecule has 2 atom stereocenters. The van der Waals surface area contributed by atoms with E-state index in [1.165, 1.54) is 23.3 Å². The van der Waals surface area contributed by atoms with Crippen molar-refractivity contribution >= 4 is 45.6 Å². The summed E-state index contributed by atoms with van der Waals surface area (Å²) in [6.45, 7) is 26.0. The lowest BCUT2D eigenvalue weighted by Crippen LogP contribution is -2.42. The van der Waals surface area contributed by atoms with Gasteiger partial charge in [-0.25, -0.2) is 57.4 Å². The van der Waals surface area contributed by atoms with Crippen LogP contribution in [0.2, 0.25) is 0 Å². The zero-order chi connectivity index (χ0) is 56.1. The summed E-state index contributed by atoms with van der Waals surface area (Å²) >= 11 is 0. The molecular weight excluding hydrogens is 997 g/mol. The lowest BCUT2D eigenvalue weighted by molar-refractivity contribution is 0.166. The maximum Gasteiger partial charge on any atom is 0.229 e. The molecule has 8 heterocycles. The third-order valence-electron chi connectivity index (χ3n) is 14.4. The van der Waals surface area contributed by atoms with Crippen LogP contribution in [0.5, 0.6) is 0 Å². The normalized spacial score (nSPS) is 16.2. The molecule has 20 heteroatoms. The quantitative estimate of drug-likeness (QED) is 0.112. The molecular formula is C58H72F4N16. The highest BCUT2D eigenvalue weighted by Gasteiger charge is 2.28. The van der Waals surface area contributed by atoms with Crippen molar-refractivity contribution in [3.63, 3.8) is 0 Å². The van der Waals surface area contributed by atoms with Gasteiger partial charge in [-0.2, -0.15) is 0 Å². The molecule has 0 aliphatic carbocycles. The maximum absolute atomic E-state index is 15.1. The predicted octanol–water partition coefficient (Wildman–Crippen LogP) is 10.6. The van der Waals surface area contributed by atoms with E-state index in [-0.39, 0.29) is 45.4 Å². The van der Waals surface area contributed by atoms with Gasteiger partial charge in [-0.1, -0.05) is 12.1 Å². The molecule has 0 unspecified atom stereocenters. The third-order valence-corrected chi connectivity index (χ3v) is 14.4. The molecule has 0 radical (unpaired) electrons. The van der Waals surface area contributed by atoms with Crippen molar-refractivity contribution < 1.29 is 17.6 Å². The molecule has 0 amide bonds. The number of likely N-dealkylation sites (N-methyl/N-ethyl adjacent to an activating group) is 2. The molecule has 2 aromatic carbocycles. The lowest BCUT2D eigenvalue weighted by Gasteiger charge is -2.35. The topological polar surface area (TPSA) is 150 Å². The number of nitrogens with zero attached hydrogens (tertiary/aromatic N) is 14. The van der Waals surface area contributed by atoms with E-state index < -0.39 is 23.3 Å². The molecule has 0 saturated carbocycles.